The van der Waals surface area contributed by atoms with E-state index in [4.69, 9.17) is 9.40 Å². The molecule has 1 aliphatic rings. The van der Waals surface area contributed by atoms with Crippen LogP contribution in [0.2, 0.25) is 0 Å². The minimum Gasteiger partial charge on any atom is -0.463 e. The molecule has 0 saturated carbocycles. The van der Waals surface area contributed by atoms with Gasteiger partial charge in [0.1, 0.15) is 17.6 Å². The van der Waals surface area contributed by atoms with E-state index < -0.39 is 0 Å². The molecule has 1 N–H and O–H groups in total. The summed E-state index contributed by atoms with van der Waals surface area (Å²) < 4.78 is 5.60. The molecule has 3 aromatic heterocycles. The first-order valence-corrected chi connectivity index (χ1v) is 8.49. The van der Waals surface area contributed by atoms with E-state index in [0.29, 0.717) is 17.9 Å². The van der Waals surface area contributed by atoms with E-state index in [1.807, 2.05) is 24.3 Å². The van der Waals surface area contributed by atoms with Crippen molar-refractivity contribution in [1.29, 1.82) is 5.26 Å². The highest BCUT2D eigenvalue weighted by Gasteiger charge is 2.23. The van der Waals surface area contributed by atoms with Crippen molar-refractivity contribution in [2.45, 2.75) is 32.2 Å². The molecule has 4 rings (SSSR count). The molecule has 124 valence electrons. The Hall–Kier alpha value is -3.13. The monoisotopic (exact) mass is 330 g/mol. The van der Waals surface area contributed by atoms with Crippen LogP contribution < -0.4 is 5.32 Å². The van der Waals surface area contributed by atoms with Gasteiger partial charge in [-0.25, -0.2) is 4.98 Å². The third-order valence-electron chi connectivity index (χ3n) is 4.59. The maximum atomic E-state index is 9.73. The van der Waals surface area contributed by atoms with E-state index in [9.17, 15) is 5.26 Å². The number of hydrogen-bond donors (Lipinski definition) is 1. The molecule has 0 bridgehead atoms. The number of rotatable bonds is 4. The molecule has 5 nitrogen and oxygen atoms in total. The number of nitriles is 1. The first-order valence-electron chi connectivity index (χ1n) is 8.49. The zero-order chi connectivity index (χ0) is 17.1. The van der Waals surface area contributed by atoms with Crippen LogP contribution in [0.25, 0.3) is 11.5 Å². The lowest BCUT2D eigenvalue weighted by molar-refractivity contribution is 0.577. The zero-order valence-corrected chi connectivity index (χ0v) is 13.8. The van der Waals surface area contributed by atoms with Crippen LogP contribution in [0.1, 0.15) is 35.1 Å². The predicted octanol–water partition coefficient (Wildman–Crippen LogP) is 4.10. The molecular formula is C20H18N4O. The molecule has 0 amide bonds. The van der Waals surface area contributed by atoms with E-state index in [0.717, 1.165) is 53.8 Å². The van der Waals surface area contributed by atoms with Crippen molar-refractivity contribution in [3.05, 3.63) is 65.2 Å². The van der Waals surface area contributed by atoms with Gasteiger partial charge in [-0.1, -0.05) is 0 Å². The van der Waals surface area contributed by atoms with Crippen molar-refractivity contribution in [3.8, 4) is 17.5 Å². The topological polar surface area (TPSA) is 74.7 Å². The van der Waals surface area contributed by atoms with Crippen molar-refractivity contribution in [1.82, 2.24) is 9.97 Å². The van der Waals surface area contributed by atoms with Crippen LogP contribution in [-0.2, 0) is 19.4 Å². The van der Waals surface area contributed by atoms with Crippen LogP contribution in [0.5, 0.6) is 0 Å². The fraction of sp³-hybridized carbons (Fsp3) is 0.250. The van der Waals surface area contributed by atoms with E-state index in [1.165, 1.54) is 0 Å². The first kappa shape index (κ1) is 15.4. The van der Waals surface area contributed by atoms with Crippen LogP contribution >= 0.6 is 0 Å². The third kappa shape index (κ3) is 2.99. The fourth-order valence-electron chi connectivity index (χ4n) is 3.37. The van der Waals surface area contributed by atoms with Crippen molar-refractivity contribution in [3.63, 3.8) is 0 Å². The lowest BCUT2D eigenvalue weighted by Crippen LogP contribution is -2.13. The van der Waals surface area contributed by atoms with Gasteiger partial charge in [-0.3, -0.25) is 4.98 Å². The molecule has 0 aromatic carbocycles. The predicted molar refractivity (Wildman–Crippen MR) is 94.9 cm³/mol. The van der Waals surface area contributed by atoms with E-state index in [2.05, 4.69) is 16.4 Å². The molecule has 0 saturated heterocycles. The number of nitrogens with one attached hydrogen (secondary N) is 1. The van der Waals surface area contributed by atoms with Gasteiger partial charge in [0, 0.05) is 18.9 Å². The summed E-state index contributed by atoms with van der Waals surface area (Å²) in [6, 6.07) is 10.1. The highest BCUT2D eigenvalue weighted by atomic mass is 16.3. The Morgan fingerprint density at radius 1 is 1.12 bits per heavy atom. The second-order valence-corrected chi connectivity index (χ2v) is 6.15. The first-order chi connectivity index (χ1) is 12.4. The van der Waals surface area contributed by atoms with Crippen molar-refractivity contribution >= 4 is 5.82 Å². The van der Waals surface area contributed by atoms with Gasteiger partial charge >= 0.3 is 0 Å². The maximum Gasteiger partial charge on any atom is 0.152 e. The molecule has 0 aliphatic heterocycles. The van der Waals surface area contributed by atoms with Crippen LogP contribution in [-0.4, -0.2) is 9.97 Å². The largest absolute Gasteiger partial charge is 0.463 e. The molecule has 1 aliphatic carbocycles. The Bertz CT molecular complexity index is 911. The third-order valence-corrected chi connectivity index (χ3v) is 4.59. The number of fused-ring (bicyclic) bond motifs is 1. The number of hydrogen-bond acceptors (Lipinski definition) is 5. The molecule has 0 atom stereocenters. The SMILES string of the molecule is N#Cc1c(NCc2ccncc2)nc(-c2ccco2)c2c1CCCC2. The van der Waals surface area contributed by atoms with Crippen LogP contribution in [0.4, 0.5) is 5.82 Å². The average molecular weight is 330 g/mol. The maximum absolute atomic E-state index is 9.73. The Morgan fingerprint density at radius 3 is 2.64 bits per heavy atom. The summed E-state index contributed by atoms with van der Waals surface area (Å²) in [5.41, 5.74) is 4.90. The minimum atomic E-state index is 0.598. The summed E-state index contributed by atoms with van der Waals surface area (Å²) in [7, 11) is 0. The highest BCUT2D eigenvalue weighted by molar-refractivity contribution is 5.69. The number of nitrogens with zero attached hydrogens (tertiary/aromatic N) is 3. The summed E-state index contributed by atoms with van der Waals surface area (Å²) in [5.74, 6) is 1.39. The molecule has 5 heteroatoms. The fourth-order valence-corrected chi connectivity index (χ4v) is 3.37. The van der Waals surface area contributed by atoms with Gasteiger partial charge in [0.2, 0.25) is 0 Å². The van der Waals surface area contributed by atoms with Gasteiger partial charge in [0.15, 0.2) is 5.76 Å². The Morgan fingerprint density at radius 2 is 1.92 bits per heavy atom. The van der Waals surface area contributed by atoms with Gasteiger partial charge < -0.3 is 9.73 Å². The van der Waals surface area contributed by atoms with Gasteiger partial charge in [-0.2, -0.15) is 5.26 Å². The average Bonchev–Trinajstić information content (AvgIpc) is 3.21. The molecule has 0 unspecified atom stereocenters. The highest BCUT2D eigenvalue weighted by Crippen LogP contribution is 2.35. The quantitative estimate of drug-likeness (QED) is 0.779. The Labute approximate surface area is 146 Å². The standard InChI is InChI=1S/C20H18N4O/c21-12-17-15-4-1-2-5-16(15)19(18-6-3-11-25-18)24-20(17)23-13-14-7-9-22-10-8-14/h3,6-11H,1-2,4-5,13H2,(H,23,24). The summed E-state index contributed by atoms with van der Waals surface area (Å²) in [4.78, 5) is 8.80. The smallest absolute Gasteiger partial charge is 0.152 e. The van der Waals surface area contributed by atoms with Gasteiger partial charge in [0.25, 0.3) is 0 Å². The van der Waals surface area contributed by atoms with Gasteiger partial charge in [-0.15, -0.1) is 0 Å². The summed E-state index contributed by atoms with van der Waals surface area (Å²) in [6.07, 6.45) is 9.27. The van der Waals surface area contributed by atoms with Crippen LogP contribution in [0.3, 0.4) is 0 Å². The lowest BCUT2D eigenvalue weighted by atomic mass is 9.87. The van der Waals surface area contributed by atoms with E-state index in [1.54, 1.807) is 18.7 Å². The number of anilines is 1. The van der Waals surface area contributed by atoms with E-state index in [-0.39, 0.29) is 0 Å². The van der Waals surface area contributed by atoms with Crippen molar-refractivity contribution < 1.29 is 4.42 Å². The lowest BCUT2D eigenvalue weighted by Gasteiger charge is -2.21. The summed E-state index contributed by atoms with van der Waals surface area (Å²) >= 11 is 0. The summed E-state index contributed by atoms with van der Waals surface area (Å²) in [6.45, 7) is 0.598. The minimum absolute atomic E-state index is 0.598. The normalized spacial score (nSPS) is 13.1. The van der Waals surface area contributed by atoms with Gasteiger partial charge in [-0.05, 0) is 66.6 Å². The summed E-state index contributed by atoms with van der Waals surface area (Å²) in [5, 5.41) is 13.1. The van der Waals surface area contributed by atoms with Crippen molar-refractivity contribution in [2.75, 3.05) is 5.32 Å². The number of aromatic nitrogens is 2. The molecule has 0 spiro atoms. The Balaban J connectivity index is 1.77. The molecule has 0 fully saturated rings. The van der Waals surface area contributed by atoms with Crippen LogP contribution in [0.15, 0.2) is 47.3 Å². The molecule has 0 radical (unpaired) electrons. The Kier molecular flexibility index (Phi) is 4.17. The molecule has 3 heterocycles. The molecule has 25 heavy (non-hydrogen) atoms. The zero-order valence-electron chi connectivity index (χ0n) is 13.8. The van der Waals surface area contributed by atoms with E-state index >= 15 is 0 Å². The van der Waals surface area contributed by atoms with Crippen molar-refractivity contribution in [2.24, 2.45) is 0 Å². The number of furan rings is 1. The molecule has 3 aromatic rings. The number of pyridine rings is 2. The second-order valence-electron chi connectivity index (χ2n) is 6.15. The second kappa shape index (κ2) is 6.78. The molecular weight excluding hydrogens is 312 g/mol. The van der Waals surface area contributed by atoms with Gasteiger partial charge in [0.05, 0.1) is 11.8 Å². The van der Waals surface area contributed by atoms with Crippen LogP contribution in [0, 0.1) is 11.3 Å².